The first-order valence-corrected chi connectivity index (χ1v) is 5.79. The summed E-state index contributed by atoms with van der Waals surface area (Å²) in [6.07, 6.45) is 0.571. The molecule has 0 amide bonds. The maximum Gasteiger partial charge on any atom is 0.310 e. The lowest BCUT2D eigenvalue weighted by molar-refractivity contribution is -0.384. The smallest absolute Gasteiger partial charge is 0.310 e. The lowest BCUT2D eigenvalue weighted by Gasteiger charge is -2.18. The van der Waals surface area contributed by atoms with E-state index in [1.165, 1.54) is 19.2 Å². The summed E-state index contributed by atoms with van der Waals surface area (Å²) >= 11 is 0. The van der Waals surface area contributed by atoms with Crippen LogP contribution in [-0.4, -0.2) is 31.1 Å². The van der Waals surface area contributed by atoms with Crippen molar-refractivity contribution in [3.8, 4) is 0 Å². The summed E-state index contributed by atoms with van der Waals surface area (Å²) in [6.45, 7) is 0.853. The van der Waals surface area contributed by atoms with Crippen LogP contribution in [0.25, 0.3) is 0 Å². The number of hydrogen-bond acceptors (Lipinski definition) is 5. The van der Waals surface area contributed by atoms with E-state index in [1.807, 2.05) is 0 Å². The fourth-order valence-electron chi connectivity index (χ4n) is 2.25. The molecular weight excluding hydrogens is 255 g/mol. The van der Waals surface area contributed by atoms with Crippen LogP contribution in [0.5, 0.6) is 0 Å². The second-order valence-corrected chi connectivity index (χ2v) is 4.34. The van der Waals surface area contributed by atoms with E-state index in [9.17, 15) is 19.3 Å². The van der Waals surface area contributed by atoms with Crippen LogP contribution in [0.15, 0.2) is 18.2 Å². The first-order chi connectivity index (χ1) is 9.02. The molecule has 1 heterocycles. The van der Waals surface area contributed by atoms with E-state index in [-0.39, 0.29) is 17.6 Å². The molecule has 2 rings (SSSR count). The van der Waals surface area contributed by atoms with Crippen LogP contribution in [0.3, 0.4) is 0 Å². The molecule has 0 radical (unpaired) electrons. The number of nitro groups is 1. The molecule has 0 spiro atoms. The van der Waals surface area contributed by atoms with E-state index >= 15 is 0 Å². The quantitative estimate of drug-likeness (QED) is 0.474. The first-order valence-electron chi connectivity index (χ1n) is 5.79. The Morgan fingerprint density at radius 3 is 2.95 bits per heavy atom. The van der Waals surface area contributed by atoms with Gasteiger partial charge >= 0.3 is 5.97 Å². The Labute approximate surface area is 108 Å². The highest BCUT2D eigenvalue weighted by Crippen LogP contribution is 2.32. The molecule has 0 saturated carbocycles. The van der Waals surface area contributed by atoms with E-state index in [0.29, 0.717) is 25.2 Å². The minimum Gasteiger partial charge on any atom is -0.469 e. The van der Waals surface area contributed by atoms with E-state index in [0.717, 1.165) is 6.07 Å². The fraction of sp³-hybridized carbons (Fsp3) is 0.417. The lowest BCUT2D eigenvalue weighted by Crippen LogP contribution is -2.24. The van der Waals surface area contributed by atoms with Gasteiger partial charge in [-0.2, -0.15) is 0 Å². The van der Waals surface area contributed by atoms with Gasteiger partial charge in [0, 0.05) is 13.1 Å². The van der Waals surface area contributed by atoms with Crippen molar-refractivity contribution in [1.82, 2.24) is 0 Å². The van der Waals surface area contributed by atoms with Crippen molar-refractivity contribution < 1.29 is 18.8 Å². The standard InChI is InChI=1S/C12H13FN2O4/c1-19-12(16)8-4-5-14(7-8)10-3-2-9(13)6-11(10)15(17)18/h2-3,6,8H,4-5,7H2,1H3. The average molecular weight is 268 g/mol. The number of hydrogen-bond donors (Lipinski definition) is 0. The van der Waals surface area contributed by atoms with Gasteiger partial charge in [-0.05, 0) is 18.6 Å². The van der Waals surface area contributed by atoms with E-state index in [2.05, 4.69) is 4.74 Å². The zero-order chi connectivity index (χ0) is 14.0. The van der Waals surface area contributed by atoms with Crippen molar-refractivity contribution in [2.45, 2.75) is 6.42 Å². The van der Waals surface area contributed by atoms with Crippen LogP contribution in [0.2, 0.25) is 0 Å². The van der Waals surface area contributed by atoms with Gasteiger partial charge in [-0.25, -0.2) is 4.39 Å². The highest BCUT2D eigenvalue weighted by atomic mass is 19.1. The molecule has 1 aliphatic rings. The Morgan fingerprint density at radius 2 is 2.32 bits per heavy atom. The number of methoxy groups -OCH3 is 1. The third-order valence-electron chi connectivity index (χ3n) is 3.20. The van der Waals surface area contributed by atoms with Crippen LogP contribution in [0.4, 0.5) is 15.8 Å². The topological polar surface area (TPSA) is 72.7 Å². The number of carbonyl (C=O) groups excluding carboxylic acids is 1. The minimum absolute atomic E-state index is 0.287. The summed E-state index contributed by atoms with van der Waals surface area (Å²) in [5, 5.41) is 10.9. The van der Waals surface area contributed by atoms with Gasteiger partial charge < -0.3 is 9.64 Å². The van der Waals surface area contributed by atoms with Gasteiger partial charge in [0.2, 0.25) is 0 Å². The Morgan fingerprint density at radius 1 is 1.58 bits per heavy atom. The third kappa shape index (κ3) is 2.64. The third-order valence-corrected chi connectivity index (χ3v) is 3.20. The minimum atomic E-state index is -0.654. The van der Waals surface area contributed by atoms with E-state index in [1.54, 1.807) is 4.90 Å². The number of nitrogens with zero attached hydrogens (tertiary/aromatic N) is 2. The fourth-order valence-corrected chi connectivity index (χ4v) is 2.25. The van der Waals surface area contributed by atoms with Gasteiger partial charge in [0.1, 0.15) is 11.5 Å². The molecule has 102 valence electrons. The van der Waals surface area contributed by atoms with E-state index in [4.69, 9.17) is 0 Å². The number of esters is 1. The number of rotatable bonds is 3. The van der Waals surface area contributed by atoms with Gasteiger partial charge in [0.15, 0.2) is 0 Å². The molecule has 1 saturated heterocycles. The molecule has 0 aromatic heterocycles. The molecule has 0 bridgehead atoms. The molecule has 1 unspecified atom stereocenters. The second-order valence-electron chi connectivity index (χ2n) is 4.34. The SMILES string of the molecule is COC(=O)C1CCN(c2ccc(F)cc2[N+](=O)[O-])C1. The van der Waals surface area contributed by atoms with Crippen molar-refractivity contribution in [2.24, 2.45) is 5.92 Å². The Bertz CT molecular complexity index is 520. The highest BCUT2D eigenvalue weighted by Gasteiger charge is 2.32. The maximum absolute atomic E-state index is 13.1. The number of nitro benzene ring substituents is 1. The summed E-state index contributed by atoms with van der Waals surface area (Å²) in [6, 6.07) is 3.43. The average Bonchev–Trinajstić information content (AvgIpc) is 2.87. The zero-order valence-corrected chi connectivity index (χ0v) is 10.3. The predicted molar refractivity (Wildman–Crippen MR) is 65.4 cm³/mol. The molecule has 0 aliphatic carbocycles. The van der Waals surface area contributed by atoms with Crippen molar-refractivity contribution in [3.05, 3.63) is 34.1 Å². The Kier molecular flexibility index (Phi) is 3.64. The van der Waals surface area contributed by atoms with Crippen molar-refractivity contribution in [3.63, 3.8) is 0 Å². The summed E-state index contributed by atoms with van der Waals surface area (Å²) < 4.78 is 17.7. The molecular formula is C12H13FN2O4. The van der Waals surface area contributed by atoms with Crippen molar-refractivity contribution >= 4 is 17.3 Å². The van der Waals surface area contributed by atoms with Crippen LogP contribution in [0.1, 0.15) is 6.42 Å². The normalized spacial score (nSPS) is 18.4. The van der Waals surface area contributed by atoms with Crippen LogP contribution in [0, 0.1) is 21.8 Å². The molecule has 1 aliphatic heterocycles. The van der Waals surface area contributed by atoms with Gasteiger partial charge in [-0.3, -0.25) is 14.9 Å². The van der Waals surface area contributed by atoms with Gasteiger partial charge in [-0.15, -0.1) is 0 Å². The number of anilines is 1. The monoisotopic (exact) mass is 268 g/mol. The van der Waals surface area contributed by atoms with E-state index < -0.39 is 10.7 Å². The van der Waals surface area contributed by atoms with Crippen LogP contribution >= 0.6 is 0 Å². The lowest BCUT2D eigenvalue weighted by atomic mass is 10.1. The highest BCUT2D eigenvalue weighted by molar-refractivity contribution is 5.75. The summed E-state index contributed by atoms with van der Waals surface area (Å²) in [4.78, 5) is 23.4. The summed E-state index contributed by atoms with van der Waals surface area (Å²) in [5.74, 6) is -1.28. The second kappa shape index (κ2) is 5.21. The Hall–Kier alpha value is -2.18. The Balaban J connectivity index is 2.24. The molecule has 1 fully saturated rings. The number of ether oxygens (including phenoxy) is 1. The molecule has 6 nitrogen and oxygen atoms in total. The predicted octanol–water partition coefficient (Wildman–Crippen LogP) is 1.73. The molecule has 19 heavy (non-hydrogen) atoms. The first kappa shape index (κ1) is 13.3. The summed E-state index contributed by atoms with van der Waals surface area (Å²) in [7, 11) is 1.31. The molecule has 7 heteroatoms. The largest absolute Gasteiger partial charge is 0.469 e. The number of benzene rings is 1. The van der Waals surface area contributed by atoms with Gasteiger partial charge in [0.25, 0.3) is 5.69 Å². The molecule has 1 atom stereocenters. The molecule has 1 aromatic rings. The van der Waals surface area contributed by atoms with Crippen LogP contribution < -0.4 is 4.90 Å². The van der Waals surface area contributed by atoms with Crippen LogP contribution in [-0.2, 0) is 9.53 Å². The van der Waals surface area contributed by atoms with Crippen molar-refractivity contribution in [2.75, 3.05) is 25.1 Å². The molecule has 0 N–H and O–H groups in total. The van der Waals surface area contributed by atoms with Gasteiger partial charge in [-0.1, -0.05) is 0 Å². The van der Waals surface area contributed by atoms with Crippen molar-refractivity contribution in [1.29, 1.82) is 0 Å². The molecule has 1 aromatic carbocycles. The summed E-state index contributed by atoms with van der Waals surface area (Å²) in [5.41, 5.74) is 0.0447. The zero-order valence-electron chi connectivity index (χ0n) is 10.3. The maximum atomic E-state index is 13.1. The van der Waals surface area contributed by atoms with Gasteiger partial charge in [0.05, 0.1) is 24.0 Å². The number of halogens is 1. The number of carbonyl (C=O) groups is 1.